The highest BCUT2D eigenvalue weighted by molar-refractivity contribution is 7.99. The van der Waals surface area contributed by atoms with E-state index in [9.17, 15) is 4.79 Å². The molecule has 0 saturated carbocycles. The third kappa shape index (κ3) is 4.06. The summed E-state index contributed by atoms with van der Waals surface area (Å²) in [6.45, 7) is 1.96. The first-order valence-electron chi connectivity index (χ1n) is 7.15. The van der Waals surface area contributed by atoms with Crippen molar-refractivity contribution in [2.45, 2.75) is 18.2 Å². The Morgan fingerprint density at radius 1 is 1.30 bits per heavy atom. The van der Waals surface area contributed by atoms with E-state index in [1.54, 1.807) is 18.2 Å². The summed E-state index contributed by atoms with van der Waals surface area (Å²) in [6, 6.07) is 15.1. The van der Waals surface area contributed by atoms with Crippen molar-refractivity contribution in [3.63, 3.8) is 0 Å². The van der Waals surface area contributed by atoms with E-state index in [0.717, 1.165) is 11.1 Å². The van der Waals surface area contributed by atoms with Gasteiger partial charge in [0.1, 0.15) is 5.52 Å². The third-order valence-corrected chi connectivity index (χ3v) is 4.40. The molecule has 2 aromatic carbocycles. The van der Waals surface area contributed by atoms with Crippen molar-refractivity contribution >= 4 is 40.4 Å². The molecule has 4 nitrogen and oxygen atoms in total. The number of benzene rings is 2. The van der Waals surface area contributed by atoms with E-state index in [-0.39, 0.29) is 17.7 Å². The number of amides is 1. The van der Waals surface area contributed by atoms with Gasteiger partial charge in [0.2, 0.25) is 5.91 Å². The molecule has 23 heavy (non-hydrogen) atoms. The van der Waals surface area contributed by atoms with Crippen molar-refractivity contribution < 1.29 is 9.21 Å². The van der Waals surface area contributed by atoms with Gasteiger partial charge in [-0.15, -0.1) is 0 Å². The minimum atomic E-state index is -0.0633. The van der Waals surface area contributed by atoms with Crippen LogP contribution in [0.5, 0.6) is 0 Å². The SMILES string of the molecule is C[C@H](NC(=O)CSc1nc2ccc(Cl)cc2o1)c1ccccc1. The second-order valence-electron chi connectivity index (χ2n) is 5.08. The number of hydrogen-bond donors (Lipinski definition) is 1. The average Bonchev–Trinajstić information content (AvgIpc) is 2.95. The number of carbonyl (C=O) groups excluding carboxylic acids is 1. The van der Waals surface area contributed by atoms with E-state index in [1.807, 2.05) is 37.3 Å². The lowest BCUT2D eigenvalue weighted by atomic mass is 10.1. The molecule has 1 aromatic heterocycles. The van der Waals surface area contributed by atoms with Crippen LogP contribution in [0, 0.1) is 0 Å². The van der Waals surface area contributed by atoms with Crippen molar-refractivity contribution in [1.82, 2.24) is 10.3 Å². The first-order valence-corrected chi connectivity index (χ1v) is 8.51. The Labute approximate surface area is 143 Å². The Kier molecular flexibility index (Phi) is 4.88. The van der Waals surface area contributed by atoms with Gasteiger partial charge >= 0.3 is 0 Å². The van der Waals surface area contributed by atoms with E-state index >= 15 is 0 Å². The van der Waals surface area contributed by atoms with Crippen molar-refractivity contribution in [3.8, 4) is 0 Å². The second kappa shape index (κ2) is 7.06. The van der Waals surface area contributed by atoms with Crippen LogP contribution in [0.2, 0.25) is 5.02 Å². The topological polar surface area (TPSA) is 55.1 Å². The number of hydrogen-bond acceptors (Lipinski definition) is 4. The Morgan fingerprint density at radius 2 is 2.09 bits per heavy atom. The zero-order valence-electron chi connectivity index (χ0n) is 12.5. The maximum absolute atomic E-state index is 12.0. The smallest absolute Gasteiger partial charge is 0.257 e. The first-order chi connectivity index (χ1) is 11.1. The van der Waals surface area contributed by atoms with Crippen LogP contribution in [0.4, 0.5) is 0 Å². The van der Waals surface area contributed by atoms with Gasteiger partial charge < -0.3 is 9.73 Å². The van der Waals surface area contributed by atoms with E-state index in [0.29, 0.717) is 15.8 Å². The largest absolute Gasteiger partial charge is 0.431 e. The highest BCUT2D eigenvalue weighted by atomic mass is 35.5. The fraction of sp³-hybridized carbons (Fsp3) is 0.176. The molecule has 1 N–H and O–H groups in total. The number of nitrogens with zero attached hydrogens (tertiary/aromatic N) is 1. The minimum absolute atomic E-state index is 0.0354. The molecule has 118 valence electrons. The Balaban J connectivity index is 1.57. The lowest BCUT2D eigenvalue weighted by molar-refractivity contribution is -0.119. The van der Waals surface area contributed by atoms with Crippen LogP contribution in [-0.4, -0.2) is 16.6 Å². The van der Waals surface area contributed by atoms with Crippen LogP contribution < -0.4 is 5.32 Å². The van der Waals surface area contributed by atoms with Crippen LogP contribution in [0.15, 0.2) is 58.2 Å². The maximum atomic E-state index is 12.0. The fourth-order valence-electron chi connectivity index (χ4n) is 2.17. The Bertz CT molecular complexity index is 820. The number of rotatable bonds is 5. The molecule has 0 fully saturated rings. The van der Waals surface area contributed by atoms with Crippen molar-refractivity contribution in [1.29, 1.82) is 0 Å². The molecule has 0 unspecified atom stereocenters. The van der Waals surface area contributed by atoms with Gasteiger partial charge in [0.25, 0.3) is 5.22 Å². The van der Waals surface area contributed by atoms with Crippen LogP contribution in [0.25, 0.3) is 11.1 Å². The summed E-state index contributed by atoms with van der Waals surface area (Å²) in [6.07, 6.45) is 0. The van der Waals surface area contributed by atoms with Gasteiger partial charge in [-0.3, -0.25) is 4.79 Å². The van der Waals surface area contributed by atoms with Crippen LogP contribution >= 0.6 is 23.4 Å². The summed E-state index contributed by atoms with van der Waals surface area (Å²) < 4.78 is 5.58. The molecule has 0 saturated heterocycles. The number of fused-ring (bicyclic) bond motifs is 1. The number of halogens is 1. The van der Waals surface area contributed by atoms with Gasteiger partial charge in [0.15, 0.2) is 5.58 Å². The van der Waals surface area contributed by atoms with E-state index in [2.05, 4.69) is 10.3 Å². The summed E-state index contributed by atoms with van der Waals surface area (Å²) in [5, 5.41) is 4.02. The Hall–Kier alpha value is -1.98. The van der Waals surface area contributed by atoms with Crippen molar-refractivity contribution in [2.75, 3.05) is 5.75 Å². The van der Waals surface area contributed by atoms with E-state index < -0.39 is 0 Å². The molecule has 3 rings (SSSR count). The molecule has 0 aliphatic carbocycles. The standard InChI is InChI=1S/C17H15ClN2O2S/c1-11(12-5-3-2-4-6-12)19-16(21)10-23-17-20-14-8-7-13(18)9-15(14)22-17/h2-9,11H,10H2,1H3,(H,19,21)/t11-/m0/s1. The predicted octanol–water partition coefficient (Wildman–Crippen LogP) is 4.45. The highest BCUT2D eigenvalue weighted by Crippen LogP contribution is 2.25. The highest BCUT2D eigenvalue weighted by Gasteiger charge is 2.12. The summed E-state index contributed by atoms with van der Waals surface area (Å²) in [5.74, 6) is 0.184. The summed E-state index contributed by atoms with van der Waals surface area (Å²) in [7, 11) is 0. The van der Waals surface area contributed by atoms with E-state index in [4.69, 9.17) is 16.0 Å². The van der Waals surface area contributed by atoms with Gasteiger partial charge in [-0.1, -0.05) is 53.7 Å². The monoisotopic (exact) mass is 346 g/mol. The number of aromatic nitrogens is 1. The summed E-state index contributed by atoms with van der Waals surface area (Å²) in [5.41, 5.74) is 2.43. The molecular formula is C17H15ClN2O2S. The molecular weight excluding hydrogens is 332 g/mol. The van der Waals surface area contributed by atoms with Crippen LogP contribution in [-0.2, 0) is 4.79 Å². The minimum Gasteiger partial charge on any atom is -0.431 e. The molecule has 0 bridgehead atoms. The Morgan fingerprint density at radius 3 is 2.87 bits per heavy atom. The second-order valence-corrected chi connectivity index (χ2v) is 6.44. The number of thioether (sulfide) groups is 1. The third-order valence-electron chi connectivity index (χ3n) is 3.33. The van der Waals surface area contributed by atoms with Crippen LogP contribution in [0.1, 0.15) is 18.5 Å². The van der Waals surface area contributed by atoms with Gasteiger partial charge in [0.05, 0.1) is 11.8 Å². The normalized spacial score (nSPS) is 12.3. The average molecular weight is 347 g/mol. The van der Waals surface area contributed by atoms with Gasteiger partial charge in [-0.2, -0.15) is 0 Å². The zero-order chi connectivity index (χ0) is 16.2. The summed E-state index contributed by atoms with van der Waals surface area (Å²) >= 11 is 7.18. The van der Waals surface area contributed by atoms with Gasteiger partial charge in [-0.05, 0) is 24.6 Å². The quantitative estimate of drug-likeness (QED) is 0.693. The lowest BCUT2D eigenvalue weighted by Crippen LogP contribution is -2.28. The molecule has 0 aliphatic heterocycles. The molecule has 1 atom stereocenters. The van der Waals surface area contributed by atoms with Crippen LogP contribution in [0.3, 0.4) is 0 Å². The molecule has 1 amide bonds. The molecule has 0 aliphatic rings. The first kappa shape index (κ1) is 15.9. The fourth-order valence-corrected chi connectivity index (χ4v) is 2.99. The number of carbonyl (C=O) groups is 1. The maximum Gasteiger partial charge on any atom is 0.257 e. The molecule has 6 heteroatoms. The van der Waals surface area contributed by atoms with Crippen molar-refractivity contribution in [3.05, 3.63) is 59.1 Å². The number of nitrogens with one attached hydrogen (secondary N) is 1. The zero-order valence-corrected chi connectivity index (χ0v) is 14.0. The number of oxazole rings is 1. The molecule has 3 aromatic rings. The molecule has 0 radical (unpaired) electrons. The molecule has 1 heterocycles. The lowest BCUT2D eigenvalue weighted by Gasteiger charge is -2.13. The predicted molar refractivity (Wildman–Crippen MR) is 92.7 cm³/mol. The summed E-state index contributed by atoms with van der Waals surface area (Å²) in [4.78, 5) is 16.4. The van der Waals surface area contributed by atoms with Gasteiger partial charge in [-0.25, -0.2) is 4.98 Å². The van der Waals surface area contributed by atoms with Gasteiger partial charge in [0, 0.05) is 11.1 Å². The van der Waals surface area contributed by atoms with Crippen molar-refractivity contribution in [2.24, 2.45) is 0 Å². The molecule has 0 spiro atoms. The van der Waals surface area contributed by atoms with E-state index in [1.165, 1.54) is 11.8 Å².